The van der Waals surface area contributed by atoms with Crippen LogP contribution in [-0.2, 0) is 58.9 Å². The zero-order chi connectivity index (χ0) is 51.8. The van der Waals surface area contributed by atoms with Gasteiger partial charge in [0.2, 0.25) is 17.7 Å². The number of hydrogen-bond acceptors (Lipinski definition) is 17. The van der Waals surface area contributed by atoms with Crippen molar-refractivity contribution in [2.24, 2.45) is 11.8 Å². The number of halogens is 1. The molecule has 0 spiro atoms. The molecule has 22 heteroatoms. The number of nitrogens with one attached hydrogen (secondary N) is 2. The van der Waals surface area contributed by atoms with Crippen LogP contribution >= 0.6 is 33.2 Å². The molecule has 394 valence electrons. The van der Waals surface area contributed by atoms with E-state index in [1.54, 1.807) is 73.7 Å². The molecule has 4 rings (SSSR count). The van der Waals surface area contributed by atoms with E-state index >= 15 is 0 Å². The third-order valence-electron chi connectivity index (χ3n) is 12.7. The van der Waals surface area contributed by atoms with Gasteiger partial charge in [0.1, 0.15) is 40.7 Å². The third-order valence-corrected chi connectivity index (χ3v) is 16.5. The lowest BCUT2D eigenvalue weighted by Gasteiger charge is -2.42. The van der Waals surface area contributed by atoms with E-state index in [1.807, 2.05) is 26.8 Å². The van der Waals surface area contributed by atoms with Crippen LogP contribution in [0.15, 0.2) is 35.9 Å². The largest absolute Gasteiger partial charge is 0.495 e. The predicted molar refractivity (Wildman–Crippen MR) is 268 cm³/mol. The molecule has 4 amide bonds. The number of allylic oxidation sites excluding steroid dienone is 3. The standard InChI is InChI=1S/C48H74ClN5O14S2/c1-30-13-11-14-37(62-10)48(60)29-36(66-45(59)52-48)31(2)43-47(6,68-43)38(28-41(57)54(8)34-26-33(25-30)27-35(61-9)42(34)49)67-44(58)32(3)53(7)40(56)16-17-46(4,5)70-69-24-12-15-39(55)51-18-19-63-20-21-64-22-23-65-50/h11,13-14,26-27,31-32,36-38,43,60H,12,15-25,28-29,50H2,1-10H3,(H,51,55)(H,52,59)/b14-11+,30-13+/t31-,32+,36+,37-,38+,43+,47+,48+/m0/s1. The number of ether oxygens (including phenoxy) is 7. The van der Waals surface area contributed by atoms with Gasteiger partial charge in [-0.05, 0) is 71.6 Å². The van der Waals surface area contributed by atoms with Crippen molar-refractivity contribution in [1.29, 1.82) is 0 Å². The summed E-state index contributed by atoms with van der Waals surface area (Å²) in [5.41, 5.74) is -1.03. The molecule has 0 saturated carbocycles. The number of methoxy groups -OCH3 is 2. The molecule has 4 bridgehead atoms. The molecule has 0 radical (unpaired) electrons. The van der Waals surface area contributed by atoms with Gasteiger partial charge < -0.3 is 58.2 Å². The Labute approximate surface area is 425 Å². The summed E-state index contributed by atoms with van der Waals surface area (Å²) in [5.74, 6) is 3.95. The molecular formula is C48H74ClN5O14S2. The van der Waals surface area contributed by atoms with Gasteiger partial charge in [-0.3, -0.25) is 19.7 Å². The first kappa shape index (κ1) is 58.9. The smallest absolute Gasteiger partial charge is 0.409 e. The molecule has 19 nitrogen and oxygen atoms in total. The van der Waals surface area contributed by atoms with Crippen molar-refractivity contribution in [3.63, 3.8) is 0 Å². The molecule has 70 heavy (non-hydrogen) atoms. The highest BCUT2D eigenvalue weighted by Crippen LogP contribution is 2.49. The normalized spacial score (nSPS) is 26.7. The van der Waals surface area contributed by atoms with Gasteiger partial charge >= 0.3 is 12.1 Å². The molecule has 3 heterocycles. The number of anilines is 1. The van der Waals surface area contributed by atoms with Crippen molar-refractivity contribution in [2.75, 3.05) is 78.5 Å². The maximum Gasteiger partial charge on any atom is 0.409 e. The van der Waals surface area contributed by atoms with Crippen molar-refractivity contribution in [1.82, 2.24) is 15.5 Å². The first-order valence-corrected chi connectivity index (χ1v) is 26.2. The van der Waals surface area contributed by atoms with E-state index in [1.165, 1.54) is 31.1 Å². The summed E-state index contributed by atoms with van der Waals surface area (Å²) >= 11 is 6.82. The van der Waals surface area contributed by atoms with Gasteiger partial charge in [0.05, 0.1) is 58.4 Å². The number of carbonyl (C=O) groups is 5. The topological polar surface area (TPSA) is 239 Å². The molecule has 0 aliphatic carbocycles. The van der Waals surface area contributed by atoms with Gasteiger partial charge in [-0.2, -0.15) is 0 Å². The number of carbonyl (C=O) groups excluding carboxylic acids is 5. The first-order chi connectivity index (χ1) is 33.1. The van der Waals surface area contributed by atoms with Gasteiger partial charge in [0, 0.05) is 63.4 Å². The zero-order valence-corrected chi connectivity index (χ0v) is 44.6. The lowest BCUT2D eigenvalue weighted by Crippen LogP contribution is -2.63. The molecule has 8 atom stereocenters. The molecule has 2 saturated heterocycles. The van der Waals surface area contributed by atoms with Crippen molar-refractivity contribution in [2.45, 2.75) is 133 Å². The summed E-state index contributed by atoms with van der Waals surface area (Å²) in [6.45, 7) is 13.4. The van der Waals surface area contributed by atoms with E-state index in [0.29, 0.717) is 76.7 Å². The molecule has 1 aromatic carbocycles. The van der Waals surface area contributed by atoms with E-state index in [9.17, 15) is 29.1 Å². The Kier molecular flexibility index (Phi) is 23.1. The number of hydrogen-bond donors (Lipinski definition) is 4. The Morgan fingerprint density at radius 3 is 2.51 bits per heavy atom. The lowest BCUT2D eigenvalue weighted by molar-refractivity contribution is -0.162. The number of aliphatic hydroxyl groups is 1. The van der Waals surface area contributed by atoms with Gasteiger partial charge in [-0.25, -0.2) is 15.5 Å². The maximum absolute atomic E-state index is 14.3. The average molecular weight is 1040 g/mol. The van der Waals surface area contributed by atoms with Crippen LogP contribution in [0.25, 0.3) is 0 Å². The van der Waals surface area contributed by atoms with Crippen molar-refractivity contribution >= 4 is 68.7 Å². The lowest BCUT2D eigenvalue weighted by atomic mass is 9.83. The highest BCUT2D eigenvalue weighted by molar-refractivity contribution is 8.77. The molecule has 5 N–H and O–H groups in total. The fourth-order valence-electron chi connectivity index (χ4n) is 8.12. The Bertz CT molecular complexity index is 2020. The molecule has 0 unspecified atom stereocenters. The summed E-state index contributed by atoms with van der Waals surface area (Å²) in [4.78, 5) is 74.5. The summed E-state index contributed by atoms with van der Waals surface area (Å²) in [5, 5.41) is 17.4. The van der Waals surface area contributed by atoms with Crippen LogP contribution in [0.4, 0.5) is 10.5 Å². The molecule has 1 aromatic rings. The highest BCUT2D eigenvalue weighted by atomic mass is 35.5. The van der Waals surface area contributed by atoms with Crippen LogP contribution in [0, 0.1) is 5.92 Å². The third kappa shape index (κ3) is 17.0. The maximum atomic E-state index is 14.3. The summed E-state index contributed by atoms with van der Waals surface area (Å²) in [7, 11) is 9.29. The Hall–Kier alpha value is -3.64. The second-order valence-corrected chi connectivity index (χ2v) is 22.1. The van der Waals surface area contributed by atoms with Gasteiger partial charge in [0.25, 0.3) is 0 Å². The van der Waals surface area contributed by atoms with Crippen molar-refractivity contribution < 1.29 is 67.1 Å². The number of rotatable bonds is 23. The minimum absolute atomic E-state index is 0.0527. The number of epoxide rings is 1. The summed E-state index contributed by atoms with van der Waals surface area (Å²) in [6, 6.07) is 2.54. The first-order valence-electron chi connectivity index (χ1n) is 23.5. The molecule has 2 fully saturated rings. The van der Waals surface area contributed by atoms with Gasteiger partial charge in [-0.15, -0.1) is 0 Å². The summed E-state index contributed by atoms with van der Waals surface area (Å²) < 4.78 is 39.9. The number of benzene rings is 1. The fourth-order valence-corrected chi connectivity index (χ4v) is 11.1. The van der Waals surface area contributed by atoms with E-state index in [2.05, 4.69) is 15.5 Å². The number of fused-ring (bicyclic) bond motifs is 5. The number of nitrogens with two attached hydrogens (primary N) is 1. The minimum atomic E-state index is -1.85. The minimum Gasteiger partial charge on any atom is -0.495 e. The van der Waals surface area contributed by atoms with Crippen molar-refractivity contribution in [3.8, 4) is 5.75 Å². The molecule has 3 aliphatic rings. The van der Waals surface area contributed by atoms with Crippen molar-refractivity contribution in [3.05, 3.63) is 46.5 Å². The second kappa shape index (κ2) is 27.4. The number of likely N-dealkylation sites (N-methyl/N-ethyl adjacent to an activating group) is 1. The Morgan fingerprint density at radius 2 is 1.83 bits per heavy atom. The Morgan fingerprint density at radius 1 is 1.13 bits per heavy atom. The number of amides is 4. The number of alkyl carbamates (subject to hydrolysis) is 1. The monoisotopic (exact) mass is 1040 g/mol. The zero-order valence-electron chi connectivity index (χ0n) is 42.2. The second-order valence-electron chi connectivity index (χ2n) is 18.6. The number of nitrogens with zero attached hydrogens (tertiary/aromatic N) is 2. The molecular weight excluding hydrogens is 970 g/mol. The molecule has 3 aliphatic heterocycles. The van der Waals surface area contributed by atoms with Crippen LogP contribution in [0.1, 0.15) is 85.6 Å². The Balaban J connectivity index is 1.41. The highest BCUT2D eigenvalue weighted by Gasteiger charge is 2.64. The van der Waals surface area contributed by atoms with E-state index in [-0.39, 0.29) is 40.8 Å². The number of esters is 1. The van der Waals surface area contributed by atoms with Crippen LogP contribution in [0.5, 0.6) is 5.75 Å². The van der Waals surface area contributed by atoms with Crippen LogP contribution in [0.2, 0.25) is 5.02 Å². The van der Waals surface area contributed by atoms with Gasteiger partial charge in [-0.1, -0.05) is 63.9 Å². The quantitative estimate of drug-likeness (QED) is 0.0359. The average Bonchev–Trinajstić information content (AvgIpc) is 4.01. The van der Waals surface area contributed by atoms with Crippen LogP contribution in [-0.4, -0.2) is 160 Å². The fraction of sp³-hybridized carbons (Fsp3) is 0.688. The van der Waals surface area contributed by atoms with E-state index in [0.717, 1.165) is 16.9 Å². The summed E-state index contributed by atoms with van der Waals surface area (Å²) in [6.07, 6.45) is 2.44. The van der Waals surface area contributed by atoms with Gasteiger partial charge in [0.15, 0.2) is 5.72 Å². The SMILES string of the molecule is COc1cc2cc(c1Cl)N(C)C(=O)C[C@@H](OC(=O)[C@@H](C)N(C)C(=O)CCC(C)(C)SSCCCC(=O)NCCOCCOCCON)[C@@]1(C)O[C@@H]1[C@@H](C)[C@H]1C[C@](O)(NC(=O)O1)[C@@H](OC)/C=C/C=C(\C)C2. The van der Waals surface area contributed by atoms with Crippen LogP contribution in [0.3, 0.4) is 0 Å². The molecule has 0 aromatic heterocycles. The van der Waals surface area contributed by atoms with E-state index < -0.39 is 65.7 Å². The predicted octanol–water partition coefficient (Wildman–Crippen LogP) is 5.27. The van der Waals surface area contributed by atoms with E-state index in [4.69, 9.17) is 50.7 Å². The van der Waals surface area contributed by atoms with Crippen LogP contribution < -0.4 is 26.2 Å².